The van der Waals surface area contributed by atoms with E-state index in [1.165, 1.54) is 13.3 Å². The van der Waals surface area contributed by atoms with Crippen LogP contribution in [-0.4, -0.2) is 43.4 Å². The Morgan fingerprint density at radius 2 is 1.58 bits per heavy atom. The Bertz CT molecular complexity index is 900. The molecule has 0 spiro atoms. The van der Waals surface area contributed by atoms with E-state index >= 15 is 0 Å². The summed E-state index contributed by atoms with van der Waals surface area (Å²) in [6.45, 7) is 5.65. The average Bonchev–Trinajstić information content (AvgIpc) is 3.26. The minimum atomic E-state index is -3.64. The van der Waals surface area contributed by atoms with Crippen molar-refractivity contribution < 1.29 is 27.5 Å². The zero-order chi connectivity index (χ0) is 21.9. The molecule has 8 heteroatoms. The number of sulfonamides is 1. The molecule has 1 heterocycles. The van der Waals surface area contributed by atoms with Crippen LogP contribution >= 0.6 is 0 Å². The quantitative estimate of drug-likeness (QED) is 0.659. The van der Waals surface area contributed by atoms with E-state index in [0.717, 1.165) is 37.5 Å². The van der Waals surface area contributed by atoms with Crippen molar-refractivity contribution in [3.8, 4) is 0 Å². The van der Waals surface area contributed by atoms with Crippen LogP contribution in [0.2, 0.25) is 0 Å². The number of carbonyl (C=O) groups is 2. The number of nitrogens with one attached hydrogen (secondary N) is 1. The molecule has 0 aromatic carbocycles. The van der Waals surface area contributed by atoms with E-state index in [1.807, 2.05) is 0 Å². The maximum atomic E-state index is 13.8. The average molecular weight is 452 g/mol. The Kier molecular flexibility index (Phi) is 4.26. The van der Waals surface area contributed by atoms with Crippen LogP contribution < -0.4 is 4.72 Å². The third-order valence-corrected chi connectivity index (χ3v) is 11.8. The summed E-state index contributed by atoms with van der Waals surface area (Å²) in [5, 5.41) is -0.761. The van der Waals surface area contributed by atoms with Gasteiger partial charge in [-0.1, -0.05) is 13.8 Å². The zero-order valence-electron chi connectivity index (χ0n) is 18.5. The Labute approximate surface area is 184 Å². The van der Waals surface area contributed by atoms with Gasteiger partial charge in [-0.25, -0.2) is 13.1 Å². The summed E-state index contributed by atoms with van der Waals surface area (Å²) in [4.78, 5) is 25.5. The molecule has 6 unspecified atom stereocenters. The van der Waals surface area contributed by atoms with Crippen LogP contribution in [0.15, 0.2) is 0 Å². The highest BCUT2D eigenvalue weighted by molar-refractivity contribution is 7.90. The molecule has 31 heavy (non-hydrogen) atoms. The second-order valence-corrected chi connectivity index (χ2v) is 13.4. The lowest BCUT2D eigenvalue weighted by Gasteiger charge is -2.62. The molecule has 7 nitrogen and oxygen atoms in total. The summed E-state index contributed by atoms with van der Waals surface area (Å²) in [5.74, 6) is 0.413. The summed E-state index contributed by atoms with van der Waals surface area (Å²) in [5.41, 5.74) is -0.488. The van der Waals surface area contributed by atoms with E-state index in [9.17, 15) is 18.0 Å². The van der Waals surface area contributed by atoms with Gasteiger partial charge >= 0.3 is 11.9 Å². The van der Waals surface area contributed by atoms with E-state index in [4.69, 9.17) is 9.47 Å². The monoisotopic (exact) mass is 451 g/mol. The van der Waals surface area contributed by atoms with Gasteiger partial charge in [0.25, 0.3) is 0 Å². The lowest BCUT2D eigenvalue weighted by Crippen LogP contribution is -2.63. The summed E-state index contributed by atoms with van der Waals surface area (Å²) in [6.07, 6.45) is 5.81. The second-order valence-electron chi connectivity index (χ2n) is 11.6. The Morgan fingerprint density at radius 1 is 0.968 bits per heavy atom. The van der Waals surface area contributed by atoms with Crippen molar-refractivity contribution in [3.63, 3.8) is 0 Å². The molecule has 1 N–H and O–H groups in total. The number of rotatable bonds is 4. The molecule has 6 aliphatic carbocycles. The highest BCUT2D eigenvalue weighted by Gasteiger charge is 2.71. The molecule has 7 rings (SSSR count). The maximum Gasteiger partial charge on any atom is 0.311 e. The van der Waals surface area contributed by atoms with Gasteiger partial charge in [-0.05, 0) is 74.0 Å². The van der Waals surface area contributed by atoms with Gasteiger partial charge in [-0.15, -0.1) is 0 Å². The van der Waals surface area contributed by atoms with E-state index in [2.05, 4.69) is 18.6 Å². The number of hydrogen-bond acceptors (Lipinski definition) is 6. The number of fused-ring (bicyclic) bond motifs is 1. The largest absolute Gasteiger partial charge is 0.461 e. The van der Waals surface area contributed by atoms with Crippen LogP contribution in [0.5, 0.6) is 0 Å². The minimum Gasteiger partial charge on any atom is -0.461 e. The lowest BCUT2D eigenvalue weighted by molar-refractivity contribution is -0.230. The lowest BCUT2D eigenvalue weighted by atomic mass is 9.47. The zero-order valence-corrected chi connectivity index (χ0v) is 19.3. The Morgan fingerprint density at radius 3 is 2.13 bits per heavy atom. The molecule has 7 aliphatic rings. The molecule has 0 aromatic heterocycles. The van der Waals surface area contributed by atoms with Crippen molar-refractivity contribution in [2.45, 2.75) is 82.3 Å². The maximum absolute atomic E-state index is 13.8. The first-order valence-corrected chi connectivity index (χ1v) is 13.6. The molecule has 1 saturated heterocycles. The molecule has 7 fully saturated rings. The van der Waals surface area contributed by atoms with E-state index in [-0.39, 0.29) is 23.7 Å². The second kappa shape index (κ2) is 6.46. The van der Waals surface area contributed by atoms with Crippen LogP contribution in [0.1, 0.15) is 59.3 Å². The van der Waals surface area contributed by atoms with Gasteiger partial charge in [0.1, 0.15) is 11.7 Å². The fourth-order valence-corrected chi connectivity index (χ4v) is 11.5. The predicted molar refractivity (Wildman–Crippen MR) is 111 cm³/mol. The molecule has 0 aromatic rings. The van der Waals surface area contributed by atoms with Gasteiger partial charge in [0.05, 0.1) is 17.2 Å². The Hall–Kier alpha value is -1.15. The molecule has 6 atom stereocenters. The number of carbonyl (C=O) groups excluding carboxylic acids is 2. The van der Waals surface area contributed by atoms with Crippen molar-refractivity contribution in [2.75, 3.05) is 0 Å². The Balaban J connectivity index is 1.33. The van der Waals surface area contributed by atoms with E-state index in [1.54, 1.807) is 0 Å². The fourth-order valence-electron chi connectivity index (χ4n) is 9.20. The van der Waals surface area contributed by atoms with Gasteiger partial charge in [-0.2, -0.15) is 0 Å². The standard InChI is InChI=1S/C23H33NO6S/c1-10(2)23(14-5-12-4-13(7-14)8-15(23)6-12)30-22(26)18-16-9-17-19(20(16)29-11(3)25)24-31(27,28)21(17)18/h10,12-21,24H,4-9H2,1-3H3. The highest BCUT2D eigenvalue weighted by atomic mass is 32.2. The van der Waals surface area contributed by atoms with Crippen molar-refractivity contribution >= 4 is 22.0 Å². The topological polar surface area (TPSA) is 98.8 Å². The molecule has 1 aliphatic heterocycles. The van der Waals surface area contributed by atoms with Crippen LogP contribution in [0.4, 0.5) is 0 Å². The van der Waals surface area contributed by atoms with Crippen LogP contribution in [0.25, 0.3) is 0 Å². The van der Waals surface area contributed by atoms with Crippen molar-refractivity contribution in [1.82, 2.24) is 4.72 Å². The van der Waals surface area contributed by atoms with Crippen LogP contribution in [0.3, 0.4) is 0 Å². The summed E-state index contributed by atoms with van der Waals surface area (Å²) >= 11 is 0. The molecule has 0 radical (unpaired) electrons. The van der Waals surface area contributed by atoms with Gasteiger partial charge in [0.2, 0.25) is 10.0 Å². The first-order valence-electron chi connectivity index (χ1n) is 12.0. The van der Waals surface area contributed by atoms with Crippen LogP contribution in [-0.2, 0) is 29.1 Å². The third kappa shape index (κ3) is 2.63. The summed E-state index contributed by atoms with van der Waals surface area (Å²) in [6, 6.07) is -0.409. The fraction of sp³-hybridized carbons (Fsp3) is 0.913. The summed E-state index contributed by atoms with van der Waals surface area (Å²) < 4.78 is 40.6. The van der Waals surface area contributed by atoms with Gasteiger partial charge < -0.3 is 9.47 Å². The number of ether oxygens (including phenoxy) is 2. The van der Waals surface area contributed by atoms with E-state index < -0.39 is 44.9 Å². The van der Waals surface area contributed by atoms with Gasteiger partial charge in [-0.3, -0.25) is 9.59 Å². The highest BCUT2D eigenvalue weighted by Crippen LogP contribution is 2.63. The SMILES string of the molecule is CC(=O)OC1C2CC3C1NS(=O)(=O)C3C2C(=O)OC1(C(C)C)C2CC3CC(C2)CC1C3. The smallest absolute Gasteiger partial charge is 0.311 e. The van der Waals surface area contributed by atoms with Crippen molar-refractivity contribution in [1.29, 1.82) is 0 Å². The minimum absolute atomic E-state index is 0.189. The molecule has 6 bridgehead atoms. The first-order chi connectivity index (χ1) is 14.6. The third-order valence-electron chi connectivity index (χ3n) is 9.85. The van der Waals surface area contributed by atoms with Crippen LogP contribution in [0, 0.1) is 47.3 Å². The molecule has 6 saturated carbocycles. The summed E-state index contributed by atoms with van der Waals surface area (Å²) in [7, 11) is -3.64. The van der Waals surface area contributed by atoms with E-state index in [0.29, 0.717) is 18.3 Å². The predicted octanol–water partition coefficient (Wildman–Crippen LogP) is 2.25. The van der Waals surface area contributed by atoms with Gasteiger partial charge in [0, 0.05) is 12.8 Å². The molecule has 172 valence electrons. The first kappa shape index (κ1) is 20.5. The molecular weight excluding hydrogens is 418 g/mol. The van der Waals surface area contributed by atoms with Crippen molar-refractivity contribution in [3.05, 3.63) is 0 Å². The van der Waals surface area contributed by atoms with Crippen molar-refractivity contribution in [2.24, 2.45) is 47.3 Å². The normalized spacial score (nSPS) is 52.6. The number of esters is 2. The van der Waals surface area contributed by atoms with Gasteiger partial charge in [0.15, 0.2) is 0 Å². The number of hydrogen-bond donors (Lipinski definition) is 1. The molecular formula is C23H33NO6S. The molecule has 0 amide bonds.